The molecule has 7 heteroatoms. The molecular weight excluding hydrogens is 348 g/mol. The minimum absolute atomic E-state index is 0.0590. The molecule has 0 bridgehead atoms. The van der Waals surface area contributed by atoms with Crippen LogP contribution in [0.5, 0.6) is 11.5 Å². The maximum atomic E-state index is 12.6. The van der Waals surface area contributed by atoms with Crippen LogP contribution in [0.25, 0.3) is 0 Å². The fourth-order valence-electron chi connectivity index (χ4n) is 2.44. The van der Waals surface area contributed by atoms with Gasteiger partial charge in [0.15, 0.2) is 17.3 Å². The van der Waals surface area contributed by atoms with Crippen molar-refractivity contribution >= 4 is 29.0 Å². The van der Waals surface area contributed by atoms with Crippen LogP contribution in [0.2, 0.25) is 0 Å². The zero-order valence-electron chi connectivity index (χ0n) is 15.3. The number of ether oxygens (including phenoxy) is 2. The number of carbonyl (C=O) groups is 3. The first-order chi connectivity index (χ1) is 12.8. The minimum Gasteiger partial charge on any atom is -0.454 e. The number of ketones is 1. The smallest absolute Gasteiger partial charge is 0.239 e. The summed E-state index contributed by atoms with van der Waals surface area (Å²) in [5.41, 5.74) is 0.244. The second-order valence-electron chi connectivity index (χ2n) is 6.73. The number of fused-ring (bicyclic) bond motifs is 1. The first-order valence-corrected chi connectivity index (χ1v) is 8.41. The second kappa shape index (κ2) is 7.11. The number of rotatable bonds is 5. The molecular formula is C20H20N2O5. The Morgan fingerprint density at radius 3 is 2.04 bits per heavy atom. The first-order valence-electron chi connectivity index (χ1n) is 8.41. The molecule has 0 atom stereocenters. The molecule has 1 heterocycles. The van der Waals surface area contributed by atoms with Crippen molar-refractivity contribution in [2.24, 2.45) is 5.41 Å². The molecule has 2 aromatic rings. The topological polar surface area (TPSA) is 93.7 Å². The summed E-state index contributed by atoms with van der Waals surface area (Å²) in [6.45, 7) is 4.68. The third kappa shape index (κ3) is 3.92. The Morgan fingerprint density at radius 1 is 0.852 bits per heavy atom. The molecule has 2 N–H and O–H groups in total. The lowest BCUT2D eigenvalue weighted by atomic mass is 9.90. The van der Waals surface area contributed by atoms with Gasteiger partial charge in [0.1, 0.15) is 5.41 Å². The van der Waals surface area contributed by atoms with Crippen LogP contribution in [-0.2, 0) is 9.59 Å². The molecule has 2 aromatic carbocycles. The molecule has 0 fully saturated rings. The Labute approximate surface area is 156 Å². The van der Waals surface area contributed by atoms with E-state index < -0.39 is 17.2 Å². The van der Waals surface area contributed by atoms with E-state index in [0.29, 0.717) is 28.4 Å². The fraction of sp³-hybridized carbons (Fsp3) is 0.250. The van der Waals surface area contributed by atoms with Gasteiger partial charge in [-0.3, -0.25) is 14.4 Å². The summed E-state index contributed by atoms with van der Waals surface area (Å²) >= 11 is 0. The van der Waals surface area contributed by atoms with Crippen molar-refractivity contribution in [2.45, 2.75) is 20.8 Å². The maximum Gasteiger partial charge on any atom is 0.239 e. The normalized spacial score (nSPS) is 12.4. The Balaban J connectivity index is 1.67. The molecule has 0 spiro atoms. The Bertz CT molecular complexity index is 903. The third-order valence-corrected chi connectivity index (χ3v) is 4.32. The Kier molecular flexibility index (Phi) is 4.85. The number of nitrogens with one attached hydrogen (secondary N) is 2. The lowest BCUT2D eigenvalue weighted by molar-refractivity contribution is -0.135. The van der Waals surface area contributed by atoms with Gasteiger partial charge in [-0.05, 0) is 57.2 Å². The van der Waals surface area contributed by atoms with Gasteiger partial charge in [0.05, 0.1) is 0 Å². The fourth-order valence-corrected chi connectivity index (χ4v) is 2.44. The van der Waals surface area contributed by atoms with Gasteiger partial charge in [0, 0.05) is 23.0 Å². The summed E-state index contributed by atoms with van der Waals surface area (Å²) in [6.07, 6.45) is 0. The predicted octanol–water partition coefficient (Wildman–Crippen LogP) is 3.22. The van der Waals surface area contributed by atoms with Gasteiger partial charge in [-0.15, -0.1) is 0 Å². The summed E-state index contributed by atoms with van der Waals surface area (Å²) in [7, 11) is 0. The molecule has 1 aliphatic heterocycles. The third-order valence-electron chi connectivity index (χ3n) is 4.32. The molecule has 7 nitrogen and oxygen atoms in total. The van der Waals surface area contributed by atoms with E-state index in [0.717, 1.165) is 0 Å². The number of carbonyl (C=O) groups excluding carboxylic acids is 3. The van der Waals surface area contributed by atoms with Crippen LogP contribution in [0, 0.1) is 5.41 Å². The van der Waals surface area contributed by atoms with Crippen molar-refractivity contribution in [2.75, 3.05) is 17.4 Å². The van der Waals surface area contributed by atoms with Gasteiger partial charge < -0.3 is 20.1 Å². The predicted molar refractivity (Wildman–Crippen MR) is 100 cm³/mol. The van der Waals surface area contributed by atoms with E-state index in [1.807, 2.05) is 0 Å². The number of hydrogen-bond donors (Lipinski definition) is 2. The van der Waals surface area contributed by atoms with E-state index in [4.69, 9.17) is 9.47 Å². The number of hydrogen-bond acceptors (Lipinski definition) is 5. The minimum atomic E-state index is -1.32. The van der Waals surface area contributed by atoms with Crippen molar-refractivity contribution in [3.8, 4) is 11.5 Å². The van der Waals surface area contributed by atoms with Gasteiger partial charge in [-0.1, -0.05) is 0 Å². The highest BCUT2D eigenvalue weighted by molar-refractivity contribution is 6.14. The molecule has 0 aromatic heterocycles. The van der Waals surface area contributed by atoms with Crippen LogP contribution >= 0.6 is 0 Å². The van der Waals surface area contributed by atoms with Gasteiger partial charge in [-0.2, -0.15) is 0 Å². The van der Waals surface area contributed by atoms with Crippen LogP contribution in [0.3, 0.4) is 0 Å². The summed E-state index contributed by atoms with van der Waals surface area (Å²) in [4.78, 5) is 36.5. The van der Waals surface area contributed by atoms with Crippen molar-refractivity contribution in [3.63, 3.8) is 0 Å². The molecule has 140 valence electrons. The highest BCUT2D eigenvalue weighted by Crippen LogP contribution is 2.34. The summed E-state index contributed by atoms with van der Waals surface area (Å²) in [5, 5.41) is 5.42. The van der Waals surface area contributed by atoms with E-state index in [-0.39, 0.29) is 12.6 Å². The second-order valence-corrected chi connectivity index (χ2v) is 6.73. The molecule has 2 amide bonds. The van der Waals surface area contributed by atoms with E-state index in [9.17, 15) is 14.4 Å². The van der Waals surface area contributed by atoms with E-state index in [1.54, 1.807) is 42.5 Å². The molecule has 27 heavy (non-hydrogen) atoms. The number of Topliss-reactive ketones (excluding diaryl/α,β-unsaturated/α-hetero) is 1. The quantitative estimate of drug-likeness (QED) is 0.624. The van der Waals surface area contributed by atoms with Gasteiger partial charge >= 0.3 is 0 Å². The molecule has 0 saturated carbocycles. The Hall–Kier alpha value is -3.35. The first kappa shape index (κ1) is 18.4. The van der Waals surface area contributed by atoms with Gasteiger partial charge in [0.2, 0.25) is 18.6 Å². The van der Waals surface area contributed by atoms with Crippen LogP contribution in [-0.4, -0.2) is 24.4 Å². The average Bonchev–Trinajstić information content (AvgIpc) is 3.09. The van der Waals surface area contributed by atoms with Crippen LogP contribution in [0.4, 0.5) is 11.4 Å². The van der Waals surface area contributed by atoms with Crippen molar-refractivity contribution in [1.82, 2.24) is 0 Å². The maximum absolute atomic E-state index is 12.6. The van der Waals surface area contributed by atoms with E-state index in [1.165, 1.54) is 20.8 Å². The molecule has 0 unspecified atom stereocenters. The molecule has 0 aliphatic carbocycles. The summed E-state index contributed by atoms with van der Waals surface area (Å²) in [6, 6.07) is 11.5. The van der Waals surface area contributed by atoms with Gasteiger partial charge in [-0.25, -0.2) is 0 Å². The monoisotopic (exact) mass is 368 g/mol. The van der Waals surface area contributed by atoms with E-state index >= 15 is 0 Å². The average molecular weight is 368 g/mol. The lowest BCUT2D eigenvalue weighted by Gasteiger charge is -2.23. The largest absolute Gasteiger partial charge is 0.454 e. The zero-order chi connectivity index (χ0) is 19.6. The molecule has 1 aliphatic rings. The summed E-state index contributed by atoms with van der Waals surface area (Å²) in [5.74, 6) is 0.173. The standard InChI is InChI=1S/C20H20N2O5/c1-12(23)13-4-6-14(7-5-13)21-18(24)20(2,3)19(25)22-15-8-9-16-17(10-15)27-11-26-16/h4-10H,11H2,1-3H3,(H,21,24)(H,22,25). The number of amides is 2. The van der Waals surface area contributed by atoms with Crippen LogP contribution in [0.1, 0.15) is 31.1 Å². The van der Waals surface area contributed by atoms with Crippen molar-refractivity contribution < 1.29 is 23.9 Å². The molecule has 3 rings (SSSR count). The SMILES string of the molecule is CC(=O)c1ccc(NC(=O)C(C)(C)C(=O)Nc2ccc3c(c2)OCO3)cc1. The zero-order valence-corrected chi connectivity index (χ0v) is 15.3. The highest BCUT2D eigenvalue weighted by atomic mass is 16.7. The highest BCUT2D eigenvalue weighted by Gasteiger charge is 2.36. The Morgan fingerprint density at radius 2 is 1.41 bits per heavy atom. The van der Waals surface area contributed by atoms with Crippen LogP contribution in [0.15, 0.2) is 42.5 Å². The number of benzene rings is 2. The van der Waals surface area contributed by atoms with Gasteiger partial charge in [0.25, 0.3) is 0 Å². The lowest BCUT2D eigenvalue weighted by Crippen LogP contribution is -2.41. The molecule has 0 radical (unpaired) electrons. The summed E-state index contributed by atoms with van der Waals surface area (Å²) < 4.78 is 10.5. The van der Waals surface area contributed by atoms with Crippen LogP contribution < -0.4 is 20.1 Å². The van der Waals surface area contributed by atoms with E-state index in [2.05, 4.69) is 10.6 Å². The van der Waals surface area contributed by atoms with Crippen molar-refractivity contribution in [3.05, 3.63) is 48.0 Å². The van der Waals surface area contributed by atoms with Crippen molar-refractivity contribution in [1.29, 1.82) is 0 Å². The molecule has 0 saturated heterocycles. The number of anilines is 2.